The van der Waals surface area contributed by atoms with E-state index in [1.807, 2.05) is 11.4 Å². The molecule has 0 aromatic carbocycles. The summed E-state index contributed by atoms with van der Waals surface area (Å²) in [6, 6.07) is 3.20. The summed E-state index contributed by atoms with van der Waals surface area (Å²) in [6.45, 7) is 0.822. The molecule has 0 atom stereocenters. The lowest BCUT2D eigenvalue weighted by Gasteiger charge is -2.10. The molecule has 1 amide bonds. The van der Waals surface area contributed by atoms with Crippen molar-refractivity contribution < 1.29 is 18.7 Å². The number of carbonyl (C=O) groups is 1. The number of methoxy groups -OCH3 is 2. The first-order valence-electron chi connectivity index (χ1n) is 7.86. The number of amides is 1. The van der Waals surface area contributed by atoms with Crippen molar-refractivity contribution in [3.8, 4) is 16.3 Å². The molecule has 0 aliphatic heterocycles. The van der Waals surface area contributed by atoms with Crippen LogP contribution in [0.25, 0.3) is 10.6 Å². The minimum Gasteiger partial charge on any atom is -0.488 e. The average Bonchev–Trinajstić information content (AvgIpc) is 3.30. The topological polar surface area (TPSA) is 116 Å². The predicted molar refractivity (Wildman–Crippen MR) is 108 cm³/mol. The smallest absolute Gasteiger partial charge is 0.381 e. The molecule has 0 aliphatic carbocycles. The Kier molecular flexibility index (Phi) is 6.62. The number of aromatic nitrogens is 2. The Labute approximate surface area is 172 Å². The first-order valence-corrected chi connectivity index (χ1v) is 9.94. The Bertz CT molecular complexity index is 1030. The number of halogens is 1. The molecule has 148 valence electrons. The predicted octanol–water partition coefficient (Wildman–Crippen LogP) is 3.19. The molecule has 0 radical (unpaired) electrons. The fourth-order valence-electron chi connectivity index (χ4n) is 2.19. The number of carbonyl (C=O) groups excluding carboxylic acids is 1. The molecule has 0 unspecified atom stereocenters. The maximum absolute atomic E-state index is 12.5. The number of rotatable bonds is 8. The van der Waals surface area contributed by atoms with Crippen LogP contribution >= 0.6 is 34.3 Å². The highest BCUT2D eigenvalue weighted by molar-refractivity contribution is 7.20. The van der Waals surface area contributed by atoms with Gasteiger partial charge in [-0.2, -0.15) is 0 Å². The maximum Gasteiger partial charge on any atom is 0.381 e. The zero-order chi connectivity index (χ0) is 20.1. The molecule has 3 heterocycles. The highest BCUT2D eigenvalue weighted by Crippen LogP contribution is 2.35. The van der Waals surface area contributed by atoms with E-state index in [0.29, 0.717) is 28.2 Å². The second kappa shape index (κ2) is 9.15. The van der Waals surface area contributed by atoms with Crippen LogP contribution in [-0.2, 0) is 4.74 Å². The third-order valence-corrected chi connectivity index (χ3v) is 5.49. The van der Waals surface area contributed by atoms with Crippen LogP contribution in [0.1, 0.15) is 10.6 Å². The van der Waals surface area contributed by atoms with Crippen molar-refractivity contribution in [3.63, 3.8) is 0 Å². The van der Waals surface area contributed by atoms with E-state index in [-0.39, 0.29) is 16.6 Å². The minimum atomic E-state index is -0.780. The van der Waals surface area contributed by atoms with Crippen molar-refractivity contribution in [1.82, 2.24) is 10.2 Å². The standard InChI is InChI=1S/C16H15ClN4O5S2/c1-24-5-4-18-9-7-10(26-15(23)11(9)25-2)13(22)19-16-21-20-14(28-16)8-3-6-27-12(8)17/h3,6-7,18H,4-5H2,1-2H3,(H,19,21,22). The van der Waals surface area contributed by atoms with Crippen molar-refractivity contribution in [2.45, 2.75) is 0 Å². The van der Waals surface area contributed by atoms with E-state index in [1.54, 1.807) is 7.11 Å². The highest BCUT2D eigenvalue weighted by atomic mass is 35.5. The number of thiophene rings is 1. The molecule has 0 fully saturated rings. The Morgan fingerprint density at radius 1 is 1.36 bits per heavy atom. The molecule has 0 aliphatic rings. The van der Waals surface area contributed by atoms with Gasteiger partial charge < -0.3 is 19.2 Å². The lowest BCUT2D eigenvalue weighted by atomic mass is 10.3. The SMILES string of the molecule is COCCNc1cc(C(=O)Nc2nnc(-c3ccsc3Cl)s2)oc(=O)c1OC. The summed E-state index contributed by atoms with van der Waals surface area (Å²) in [4.78, 5) is 24.6. The minimum absolute atomic E-state index is 0.0297. The Morgan fingerprint density at radius 2 is 2.18 bits per heavy atom. The van der Waals surface area contributed by atoms with E-state index >= 15 is 0 Å². The number of hydrogen-bond donors (Lipinski definition) is 2. The van der Waals surface area contributed by atoms with Gasteiger partial charge in [-0.15, -0.1) is 21.5 Å². The van der Waals surface area contributed by atoms with Gasteiger partial charge >= 0.3 is 5.63 Å². The van der Waals surface area contributed by atoms with Crippen molar-refractivity contribution in [2.24, 2.45) is 0 Å². The second-order valence-corrected chi connectivity index (χ2v) is 7.73. The molecule has 3 aromatic heterocycles. The molecular weight excluding hydrogens is 428 g/mol. The van der Waals surface area contributed by atoms with Crippen molar-refractivity contribution in [1.29, 1.82) is 0 Å². The number of hydrogen-bond acceptors (Lipinski definition) is 10. The van der Waals surface area contributed by atoms with Gasteiger partial charge in [0.2, 0.25) is 10.9 Å². The van der Waals surface area contributed by atoms with Crippen LogP contribution in [0.5, 0.6) is 5.75 Å². The van der Waals surface area contributed by atoms with Gasteiger partial charge in [0.15, 0.2) is 10.8 Å². The van der Waals surface area contributed by atoms with E-state index in [4.69, 9.17) is 25.5 Å². The maximum atomic E-state index is 12.5. The summed E-state index contributed by atoms with van der Waals surface area (Å²) < 4.78 is 15.6. The molecule has 0 saturated carbocycles. The summed E-state index contributed by atoms with van der Waals surface area (Å²) in [6.07, 6.45) is 0. The lowest BCUT2D eigenvalue weighted by molar-refractivity contribution is 0.0991. The average molecular weight is 443 g/mol. The van der Waals surface area contributed by atoms with E-state index in [0.717, 1.165) is 16.9 Å². The number of anilines is 2. The number of ether oxygens (including phenoxy) is 2. The van der Waals surface area contributed by atoms with E-state index in [1.165, 1.54) is 24.5 Å². The zero-order valence-corrected chi connectivity index (χ0v) is 17.2. The normalized spacial score (nSPS) is 10.7. The lowest BCUT2D eigenvalue weighted by Crippen LogP contribution is -2.18. The third kappa shape index (κ3) is 4.50. The van der Waals surface area contributed by atoms with Crippen molar-refractivity contribution in [3.05, 3.63) is 38.0 Å². The quantitative estimate of drug-likeness (QED) is 0.511. The van der Waals surface area contributed by atoms with Gasteiger partial charge in [0, 0.05) is 25.3 Å². The van der Waals surface area contributed by atoms with Crippen LogP contribution in [0.2, 0.25) is 4.34 Å². The van der Waals surface area contributed by atoms with Gasteiger partial charge in [-0.1, -0.05) is 22.9 Å². The molecule has 3 rings (SSSR count). The summed E-state index contributed by atoms with van der Waals surface area (Å²) in [5.41, 5.74) is 0.285. The monoisotopic (exact) mass is 442 g/mol. The summed E-state index contributed by atoms with van der Waals surface area (Å²) in [5.74, 6) is -0.873. The Balaban J connectivity index is 1.80. The van der Waals surface area contributed by atoms with Crippen LogP contribution in [0, 0.1) is 0 Å². The molecule has 0 bridgehead atoms. The van der Waals surface area contributed by atoms with Crippen molar-refractivity contribution in [2.75, 3.05) is 38.0 Å². The largest absolute Gasteiger partial charge is 0.488 e. The van der Waals surface area contributed by atoms with Gasteiger partial charge in [-0.05, 0) is 11.4 Å². The Morgan fingerprint density at radius 3 is 2.86 bits per heavy atom. The fraction of sp³-hybridized carbons (Fsp3) is 0.250. The van der Waals surface area contributed by atoms with Crippen LogP contribution in [0.4, 0.5) is 10.8 Å². The van der Waals surface area contributed by atoms with Crippen LogP contribution < -0.4 is 21.0 Å². The molecule has 2 N–H and O–H groups in total. The first kappa shape index (κ1) is 20.3. The van der Waals surface area contributed by atoms with Gasteiger partial charge in [-0.25, -0.2) is 4.79 Å². The molecular formula is C16H15ClN4O5S2. The third-order valence-electron chi connectivity index (χ3n) is 3.45. The fourth-order valence-corrected chi connectivity index (χ4v) is 4.01. The zero-order valence-electron chi connectivity index (χ0n) is 14.8. The van der Waals surface area contributed by atoms with Crippen molar-refractivity contribution >= 4 is 51.0 Å². The molecule has 12 heteroatoms. The molecule has 9 nitrogen and oxygen atoms in total. The molecule has 0 spiro atoms. The van der Waals surface area contributed by atoms with Gasteiger partial charge in [-0.3, -0.25) is 10.1 Å². The summed E-state index contributed by atoms with van der Waals surface area (Å²) in [5, 5.41) is 16.1. The molecule has 28 heavy (non-hydrogen) atoms. The number of nitrogens with one attached hydrogen (secondary N) is 2. The van der Waals surface area contributed by atoms with Gasteiger partial charge in [0.05, 0.1) is 19.4 Å². The Hall–Kier alpha value is -2.47. The molecule has 0 saturated heterocycles. The van der Waals surface area contributed by atoms with Crippen LogP contribution in [0.15, 0.2) is 26.7 Å². The molecule has 3 aromatic rings. The second-order valence-electron chi connectivity index (χ2n) is 5.24. The van der Waals surface area contributed by atoms with Crippen LogP contribution in [-0.4, -0.2) is 43.5 Å². The number of nitrogens with zero attached hydrogens (tertiary/aromatic N) is 2. The van der Waals surface area contributed by atoms with E-state index < -0.39 is 11.5 Å². The highest BCUT2D eigenvalue weighted by Gasteiger charge is 2.19. The van der Waals surface area contributed by atoms with E-state index in [2.05, 4.69) is 20.8 Å². The van der Waals surface area contributed by atoms with Crippen LogP contribution in [0.3, 0.4) is 0 Å². The van der Waals surface area contributed by atoms with E-state index in [9.17, 15) is 9.59 Å². The summed E-state index contributed by atoms with van der Waals surface area (Å²) in [7, 11) is 2.89. The van der Waals surface area contributed by atoms with Gasteiger partial charge in [0.25, 0.3) is 5.91 Å². The first-order chi connectivity index (χ1) is 13.5. The van der Waals surface area contributed by atoms with Gasteiger partial charge in [0.1, 0.15) is 4.34 Å². The summed E-state index contributed by atoms with van der Waals surface area (Å²) >= 11 is 8.62.